The molecule has 3 N–H and O–H groups in total. The fraction of sp³-hybridized carbons (Fsp3) is 0.500. The number of benzene rings is 1. The molecule has 0 aromatic heterocycles. The Hall–Kier alpha value is -1.20. The zero-order valence-corrected chi connectivity index (χ0v) is 12.5. The Morgan fingerprint density at radius 1 is 1.47 bits per heavy atom. The van der Waals surface area contributed by atoms with Crippen molar-refractivity contribution < 1.29 is 9.90 Å². The van der Waals surface area contributed by atoms with E-state index in [0.29, 0.717) is 6.54 Å². The van der Waals surface area contributed by atoms with Crippen LogP contribution in [0, 0.1) is 6.92 Å². The molecule has 2 atom stereocenters. The van der Waals surface area contributed by atoms with Gasteiger partial charge in [0.25, 0.3) is 0 Å². The molecular formula is C14H22N2O2S. The van der Waals surface area contributed by atoms with Crippen LogP contribution in [0.25, 0.3) is 0 Å². The van der Waals surface area contributed by atoms with Crippen LogP contribution in [0.4, 0.5) is 4.79 Å². The molecule has 0 heterocycles. The SMILES string of the molecule is CSC(CO)C(C)NC(=O)NCc1cccc(C)c1. The maximum Gasteiger partial charge on any atom is 0.315 e. The Morgan fingerprint density at radius 2 is 2.21 bits per heavy atom. The van der Waals surface area contributed by atoms with Crippen LogP contribution >= 0.6 is 11.8 Å². The van der Waals surface area contributed by atoms with Crippen molar-refractivity contribution >= 4 is 17.8 Å². The first-order chi connectivity index (χ1) is 9.06. The second-order valence-electron chi connectivity index (χ2n) is 4.56. The van der Waals surface area contributed by atoms with Gasteiger partial charge >= 0.3 is 6.03 Å². The minimum atomic E-state index is -0.207. The van der Waals surface area contributed by atoms with Crippen LogP contribution < -0.4 is 10.6 Å². The summed E-state index contributed by atoms with van der Waals surface area (Å²) in [4.78, 5) is 11.7. The van der Waals surface area contributed by atoms with E-state index >= 15 is 0 Å². The summed E-state index contributed by atoms with van der Waals surface area (Å²) < 4.78 is 0. The van der Waals surface area contributed by atoms with E-state index in [2.05, 4.69) is 10.6 Å². The average molecular weight is 282 g/mol. The zero-order chi connectivity index (χ0) is 14.3. The van der Waals surface area contributed by atoms with Crippen LogP contribution in [-0.2, 0) is 6.54 Å². The highest BCUT2D eigenvalue weighted by Crippen LogP contribution is 2.10. The lowest BCUT2D eigenvalue weighted by Gasteiger charge is -2.21. The predicted octanol–water partition coefficient (Wildman–Crippen LogP) is 1.91. The molecule has 0 spiro atoms. The molecule has 5 heteroatoms. The number of nitrogens with one attached hydrogen (secondary N) is 2. The predicted molar refractivity (Wildman–Crippen MR) is 80.4 cm³/mol. The highest BCUT2D eigenvalue weighted by Gasteiger charge is 2.16. The summed E-state index contributed by atoms with van der Waals surface area (Å²) >= 11 is 1.54. The summed E-state index contributed by atoms with van der Waals surface area (Å²) in [6.07, 6.45) is 1.92. The molecule has 2 amide bonds. The van der Waals surface area contributed by atoms with E-state index in [1.54, 1.807) is 11.8 Å². The van der Waals surface area contributed by atoms with Crippen LogP contribution in [0.5, 0.6) is 0 Å². The van der Waals surface area contributed by atoms with Crippen molar-refractivity contribution in [3.05, 3.63) is 35.4 Å². The van der Waals surface area contributed by atoms with Gasteiger partial charge in [0.05, 0.1) is 6.61 Å². The highest BCUT2D eigenvalue weighted by molar-refractivity contribution is 7.99. The maximum absolute atomic E-state index is 11.7. The molecular weight excluding hydrogens is 260 g/mol. The van der Waals surface area contributed by atoms with Crippen LogP contribution in [0.3, 0.4) is 0 Å². The molecule has 106 valence electrons. The molecule has 4 nitrogen and oxygen atoms in total. The van der Waals surface area contributed by atoms with Gasteiger partial charge in [0.15, 0.2) is 0 Å². The minimum absolute atomic E-state index is 0.0183. The third-order valence-corrected chi connectivity index (χ3v) is 4.10. The first-order valence-electron chi connectivity index (χ1n) is 6.30. The van der Waals surface area contributed by atoms with Crippen molar-refractivity contribution in [1.29, 1.82) is 0 Å². The second kappa shape index (κ2) is 8.07. The third-order valence-electron chi connectivity index (χ3n) is 2.93. The largest absolute Gasteiger partial charge is 0.395 e. The fourth-order valence-electron chi connectivity index (χ4n) is 1.79. The summed E-state index contributed by atoms with van der Waals surface area (Å²) in [5.74, 6) is 0. The van der Waals surface area contributed by atoms with E-state index in [4.69, 9.17) is 5.11 Å². The number of carbonyl (C=O) groups excluding carboxylic acids is 1. The van der Waals surface area contributed by atoms with Crippen molar-refractivity contribution in [2.45, 2.75) is 31.7 Å². The quantitative estimate of drug-likeness (QED) is 0.747. The molecule has 0 bridgehead atoms. The number of thioether (sulfide) groups is 1. The molecule has 0 saturated heterocycles. The summed E-state index contributed by atoms with van der Waals surface area (Å²) in [6.45, 7) is 4.48. The van der Waals surface area contributed by atoms with Crippen molar-refractivity contribution in [2.24, 2.45) is 0 Å². The average Bonchev–Trinajstić information content (AvgIpc) is 2.38. The lowest BCUT2D eigenvalue weighted by molar-refractivity contribution is 0.232. The standard InChI is InChI=1S/C14H22N2O2S/c1-10-5-4-6-12(7-10)8-15-14(18)16-11(2)13(9-17)19-3/h4-7,11,13,17H,8-9H2,1-3H3,(H2,15,16,18). The monoisotopic (exact) mass is 282 g/mol. The summed E-state index contributed by atoms with van der Waals surface area (Å²) in [6, 6.07) is 7.74. The number of urea groups is 1. The molecule has 0 aliphatic heterocycles. The Kier molecular flexibility index (Phi) is 6.73. The molecule has 19 heavy (non-hydrogen) atoms. The van der Waals surface area contributed by atoms with Crippen LogP contribution in [-0.4, -0.2) is 35.3 Å². The summed E-state index contributed by atoms with van der Waals surface area (Å²) in [5, 5.41) is 14.8. The second-order valence-corrected chi connectivity index (χ2v) is 5.64. The van der Waals surface area contributed by atoms with Gasteiger partial charge in [0.2, 0.25) is 0 Å². The highest BCUT2D eigenvalue weighted by atomic mass is 32.2. The van der Waals surface area contributed by atoms with Gasteiger partial charge in [-0.1, -0.05) is 29.8 Å². The van der Waals surface area contributed by atoms with E-state index in [1.165, 1.54) is 5.56 Å². The normalized spacial score (nSPS) is 13.7. The molecule has 1 aromatic rings. The summed E-state index contributed by atoms with van der Waals surface area (Å²) in [5.41, 5.74) is 2.25. The minimum Gasteiger partial charge on any atom is -0.395 e. The van der Waals surface area contributed by atoms with E-state index in [0.717, 1.165) is 5.56 Å². The number of aliphatic hydroxyl groups excluding tert-OH is 1. The van der Waals surface area contributed by atoms with Gasteiger partial charge in [-0.2, -0.15) is 11.8 Å². The van der Waals surface area contributed by atoms with Gasteiger partial charge < -0.3 is 15.7 Å². The Bertz CT molecular complexity index is 408. The van der Waals surface area contributed by atoms with E-state index in [1.807, 2.05) is 44.4 Å². The van der Waals surface area contributed by atoms with Crippen LogP contribution in [0.2, 0.25) is 0 Å². The molecule has 0 saturated carbocycles. The van der Waals surface area contributed by atoms with Gasteiger partial charge in [-0.15, -0.1) is 0 Å². The Labute approximate surface area is 119 Å². The molecule has 0 aliphatic carbocycles. The van der Waals surface area contributed by atoms with Crippen molar-refractivity contribution in [2.75, 3.05) is 12.9 Å². The smallest absolute Gasteiger partial charge is 0.315 e. The van der Waals surface area contributed by atoms with Crippen LogP contribution in [0.1, 0.15) is 18.1 Å². The number of hydrogen-bond donors (Lipinski definition) is 3. The van der Waals surface area contributed by atoms with Crippen molar-refractivity contribution in [1.82, 2.24) is 10.6 Å². The fourth-order valence-corrected chi connectivity index (χ4v) is 2.42. The number of aryl methyl sites for hydroxylation is 1. The van der Waals surface area contributed by atoms with Gasteiger partial charge in [-0.05, 0) is 25.7 Å². The van der Waals surface area contributed by atoms with Crippen molar-refractivity contribution in [3.63, 3.8) is 0 Å². The van der Waals surface area contributed by atoms with Gasteiger partial charge in [-0.25, -0.2) is 4.79 Å². The zero-order valence-electron chi connectivity index (χ0n) is 11.6. The van der Waals surface area contributed by atoms with Crippen molar-refractivity contribution in [3.8, 4) is 0 Å². The lowest BCUT2D eigenvalue weighted by atomic mass is 10.1. The summed E-state index contributed by atoms with van der Waals surface area (Å²) in [7, 11) is 0. The first kappa shape index (κ1) is 15.9. The Balaban J connectivity index is 2.39. The number of hydrogen-bond acceptors (Lipinski definition) is 3. The number of carbonyl (C=O) groups is 1. The topological polar surface area (TPSA) is 61.4 Å². The van der Waals surface area contributed by atoms with E-state index in [9.17, 15) is 4.79 Å². The van der Waals surface area contributed by atoms with Gasteiger partial charge in [0, 0.05) is 17.8 Å². The Morgan fingerprint density at radius 3 is 2.79 bits per heavy atom. The van der Waals surface area contributed by atoms with E-state index < -0.39 is 0 Å². The lowest BCUT2D eigenvalue weighted by Crippen LogP contribution is -2.45. The van der Waals surface area contributed by atoms with Gasteiger partial charge in [-0.3, -0.25) is 0 Å². The maximum atomic E-state index is 11.7. The molecule has 0 fully saturated rings. The number of rotatable bonds is 6. The molecule has 0 aliphatic rings. The van der Waals surface area contributed by atoms with Crippen LogP contribution in [0.15, 0.2) is 24.3 Å². The number of aliphatic hydroxyl groups is 1. The van der Waals surface area contributed by atoms with E-state index in [-0.39, 0.29) is 23.9 Å². The first-order valence-corrected chi connectivity index (χ1v) is 7.59. The molecule has 1 aromatic carbocycles. The number of amides is 2. The molecule has 0 radical (unpaired) electrons. The third kappa shape index (κ3) is 5.53. The van der Waals surface area contributed by atoms with Gasteiger partial charge in [0.1, 0.15) is 0 Å². The molecule has 2 unspecified atom stereocenters. The molecule has 1 rings (SSSR count).